The van der Waals surface area contributed by atoms with Gasteiger partial charge in [0, 0.05) is 47.7 Å². The highest BCUT2D eigenvalue weighted by Gasteiger charge is 2.34. The monoisotopic (exact) mass is 560 g/mol. The molecule has 3 aliphatic rings. The molecule has 1 saturated carbocycles. The highest BCUT2D eigenvalue weighted by molar-refractivity contribution is 5.77. The minimum atomic E-state index is -0.522. The van der Waals surface area contributed by atoms with E-state index >= 15 is 8.78 Å². The number of ether oxygens (including phenoxy) is 1. The minimum absolute atomic E-state index is 0.164. The van der Waals surface area contributed by atoms with Crippen molar-refractivity contribution in [2.24, 2.45) is 0 Å². The number of nitrogens with one attached hydrogen (secondary N) is 1. The van der Waals surface area contributed by atoms with Crippen LogP contribution in [0, 0.1) is 11.6 Å². The van der Waals surface area contributed by atoms with Crippen LogP contribution in [0.15, 0.2) is 48.8 Å². The van der Waals surface area contributed by atoms with Crippen LogP contribution >= 0.6 is 0 Å². The second-order valence-electron chi connectivity index (χ2n) is 11.9. The van der Waals surface area contributed by atoms with Crippen LogP contribution in [0.25, 0.3) is 11.3 Å². The lowest BCUT2D eigenvalue weighted by Gasteiger charge is -2.37. The van der Waals surface area contributed by atoms with Crippen LogP contribution < -0.4 is 19.9 Å². The molecule has 0 spiro atoms. The van der Waals surface area contributed by atoms with Crippen LogP contribution in [-0.4, -0.2) is 60.7 Å². The summed E-state index contributed by atoms with van der Waals surface area (Å²) >= 11 is 0. The van der Waals surface area contributed by atoms with E-state index < -0.39 is 5.82 Å². The van der Waals surface area contributed by atoms with Crippen molar-refractivity contribution in [3.8, 4) is 17.0 Å². The molecule has 1 aliphatic carbocycles. The SMILES string of the molecule is C=C1COc2c(C3CC3)cc(-c3nc(Nc4ccc(N5CCC(N(C)C)CC5)c(F)c4)ncc3F)cc2N1C(C)C. The molecule has 0 radical (unpaired) electrons. The fourth-order valence-corrected chi connectivity index (χ4v) is 6.07. The van der Waals surface area contributed by atoms with Gasteiger partial charge < -0.3 is 24.8 Å². The molecule has 0 atom stereocenters. The predicted molar refractivity (Wildman–Crippen MR) is 160 cm³/mol. The summed E-state index contributed by atoms with van der Waals surface area (Å²) < 4.78 is 36.6. The van der Waals surface area contributed by atoms with E-state index in [0.717, 1.165) is 67.7 Å². The van der Waals surface area contributed by atoms with E-state index in [1.54, 1.807) is 6.07 Å². The van der Waals surface area contributed by atoms with Crippen LogP contribution in [0.2, 0.25) is 0 Å². The van der Waals surface area contributed by atoms with Crippen molar-refractivity contribution in [2.75, 3.05) is 48.9 Å². The zero-order valence-electron chi connectivity index (χ0n) is 24.3. The van der Waals surface area contributed by atoms with Crippen molar-refractivity contribution >= 4 is 23.0 Å². The van der Waals surface area contributed by atoms with Gasteiger partial charge in [-0.15, -0.1) is 0 Å². The van der Waals surface area contributed by atoms with Gasteiger partial charge in [0.25, 0.3) is 0 Å². The molecule has 0 unspecified atom stereocenters. The third-order valence-corrected chi connectivity index (χ3v) is 8.37. The largest absolute Gasteiger partial charge is 0.485 e. The summed E-state index contributed by atoms with van der Waals surface area (Å²) in [6.07, 6.45) is 5.32. The molecule has 0 amide bonds. The number of hydrogen-bond donors (Lipinski definition) is 1. The molecular weight excluding hydrogens is 522 g/mol. The minimum Gasteiger partial charge on any atom is -0.485 e. The summed E-state index contributed by atoms with van der Waals surface area (Å²) in [6.45, 7) is 10.5. The molecule has 3 heterocycles. The van der Waals surface area contributed by atoms with Crippen LogP contribution in [0.1, 0.15) is 51.0 Å². The molecule has 3 aromatic rings. The molecule has 216 valence electrons. The smallest absolute Gasteiger partial charge is 0.227 e. The first-order chi connectivity index (χ1) is 19.7. The summed E-state index contributed by atoms with van der Waals surface area (Å²) in [4.78, 5) is 15.2. The molecule has 2 fully saturated rings. The number of fused-ring (bicyclic) bond motifs is 1. The zero-order chi connectivity index (χ0) is 28.8. The van der Waals surface area contributed by atoms with Crippen molar-refractivity contribution in [2.45, 2.75) is 57.5 Å². The van der Waals surface area contributed by atoms with E-state index in [0.29, 0.717) is 35.5 Å². The third kappa shape index (κ3) is 5.47. The Morgan fingerprint density at radius 2 is 1.78 bits per heavy atom. The molecule has 2 aromatic carbocycles. The van der Waals surface area contributed by atoms with Crippen molar-refractivity contribution in [3.63, 3.8) is 0 Å². The van der Waals surface area contributed by atoms with E-state index in [9.17, 15) is 0 Å². The van der Waals surface area contributed by atoms with Gasteiger partial charge >= 0.3 is 0 Å². The van der Waals surface area contributed by atoms with E-state index in [1.807, 2.05) is 18.2 Å². The Hall–Kier alpha value is -3.72. The molecule has 1 N–H and O–H groups in total. The molecule has 2 aliphatic heterocycles. The van der Waals surface area contributed by atoms with E-state index in [-0.39, 0.29) is 23.5 Å². The topological polar surface area (TPSA) is 56.8 Å². The van der Waals surface area contributed by atoms with Crippen molar-refractivity contribution in [1.29, 1.82) is 0 Å². The molecule has 9 heteroatoms. The maximum absolute atomic E-state index is 15.2. The third-order valence-electron chi connectivity index (χ3n) is 8.37. The second-order valence-corrected chi connectivity index (χ2v) is 11.9. The standard InChI is InChI=1S/C32H38F2N6O/c1-19(2)40-20(3)18-41-31-25(21-6-7-21)14-22(15-29(31)40)30-27(34)17-35-32(37-30)36-23-8-9-28(26(33)16-23)39-12-10-24(11-13-39)38(4)5/h8-9,14-17,19,21,24H,3,6-7,10-13,18H2,1-2,4-5H3,(H,35,36,37). The van der Waals surface area contributed by atoms with E-state index in [4.69, 9.17) is 4.74 Å². The summed E-state index contributed by atoms with van der Waals surface area (Å²) in [5.74, 6) is 0.616. The Morgan fingerprint density at radius 1 is 1.02 bits per heavy atom. The Bertz CT molecular complexity index is 1460. The number of rotatable bonds is 7. The highest BCUT2D eigenvalue weighted by Crippen LogP contribution is 2.51. The van der Waals surface area contributed by atoms with Gasteiger partial charge in [0.15, 0.2) is 5.82 Å². The summed E-state index contributed by atoms with van der Waals surface area (Å²) in [5, 5.41) is 3.08. The Balaban J connectivity index is 1.28. The number of hydrogen-bond acceptors (Lipinski definition) is 7. The highest BCUT2D eigenvalue weighted by atomic mass is 19.1. The van der Waals surface area contributed by atoms with Crippen LogP contribution in [-0.2, 0) is 0 Å². The fourth-order valence-electron chi connectivity index (χ4n) is 6.07. The number of anilines is 4. The van der Waals surface area contributed by atoms with Crippen LogP contribution in [0.4, 0.5) is 31.8 Å². The van der Waals surface area contributed by atoms with Gasteiger partial charge in [-0.1, -0.05) is 6.58 Å². The number of nitrogens with zero attached hydrogens (tertiary/aromatic N) is 5. The summed E-state index contributed by atoms with van der Waals surface area (Å²) in [7, 11) is 4.18. The normalized spacial score (nSPS) is 17.7. The van der Waals surface area contributed by atoms with E-state index in [2.05, 4.69) is 64.5 Å². The van der Waals surface area contributed by atoms with Crippen molar-refractivity contribution in [1.82, 2.24) is 14.9 Å². The first-order valence-electron chi connectivity index (χ1n) is 14.5. The Labute approximate surface area is 240 Å². The first-order valence-corrected chi connectivity index (χ1v) is 14.5. The predicted octanol–water partition coefficient (Wildman–Crippen LogP) is 6.69. The molecular formula is C32H38F2N6O. The van der Waals surface area contributed by atoms with Crippen LogP contribution in [0.3, 0.4) is 0 Å². The summed E-state index contributed by atoms with van der Waals surface area (Å²) in [6, 6.07) is 9.66. The van der Waals surface area contributed by atoms with Gasteiger partial charge in [0.2, 0.25) is 5.95 Å². The van der Waals surface area contributed by atoms with Gasteiger partial charge in [0.05, 0.1) is 17.6 Å². The lowest BCUT2D eigenvalue weighted by Crippen LogP contribution is -2.42. The van der Waals surface area contributed by atoms with Crippen LogP contribution in [0.5, 0.6) is 5.75 Å². The number of aromatic nitrogens is 2. The Kier molecular flexibility index (Phi) is 7.32. The van der Waals surface area contributed by atoms with Crippen molar-refractivity contribution in [3.05, 3.63) is 66.0 Å². The van der Waals surface area contributed by atoms with E-state index in [1.165, 1.54) is 6.07 Å². The maximum Gasteiger partial charge on any atom is 0.227 e. The molecule has 7 nitrogen and oxygen atoms in total. The quantitative estimate of drug-likeness (QED) is 0.345. The molecule has 1 saturated heterocycles. The first kappa shape index (κ1) is 27.4. The fraction of sp³-hybridized carbons (Fsp3) is 0.438. The average Bonchev–Trinajstić information content (AvgIpc) is 3.79. The molecule has 6 rings (SSSR count). The Morgan fingerprint density at radius 3 is 2.44 bits per heavy atom. The van der Waals surface area contributed by atoms with Gasteiger partial charge in [-0.2, -0.15) is 0 Å². The van der Waals surface area contributed by atoms with Gasteiger partial charge in [-0.25, -0.2) is 18.7 Å². The number of halogens is 2. The molecule has 41 heavy (non-hydrogen) atoms. The molecule has 0 bridgehead atoms. The maximum atomic E-state index is 15.2. The molecule has 1 aromatic heterocycles. The van der Waals surface area contributed by atoms with Gasteiger partial charge in [0.1, 0.15) is 23.9 Å². The zero-order valence-corrected chi connectivity index (χ0v) is 24.3. The van der Waals surface area contributed by atoms with Gasteiger partial charge in [-0.3, -0.25) is 0 Å². The number of benzene rings is 2. The summed E-state index contributed by atoms with van der Waals surface area (Å²) in [5.41, 5.74) is 4.77. The lowest BCUT2D eigenvalue weighted by atomic mass is 9.99. The second kappa shape index (κ2) is 10.9. The van der Waals surface area contributed by atoms with Crippen molar-refractivity contribution < 1.29 is 13.5 Å². The lowest BCUT2D eigenvalue weighted by molar-refractivity contribution is 0.249. The van der Waals surface area contributed by atoms with Gasteiger partial charge in [-0.05, 0) is 89.9 Å². The number of piperidine rings is 1. The average molecular weight is 561 g/mol.